The maximum atomic E-state index is 6.00. The van der Waals surface area contributed by atoms with Crippen molar-refractivity contribution in [3.05, 3.63) is 41.6 Å². The van der Waals surface area contributed by atoms with E-state index in [1.165, 1.54) is 0 Å². The number of benzene rings is 1. The lowest BCUT2D eigenvalue weighted by molar-refractivity contribution is 0.997. The molecule has 88 valence electrons. The highest BCUT2D eigenvalue weighted by Crippen LogP contribution is 2.25. The van der Waals surface area contributed by atoms with Crippen molar-refractivity contribution >= 4 is 28.2 Å². The predicted molar refractivity (Wildman–Crippen MR) is 72.5 cm³/mol. The minimum Gasteiger partial charge on any atom is -0.368 e. The first-order valence-electron chi connectivity index (χ1n) is 5.59. The van der Waals surface area contributed by atoms with E-state index in [0.29, 0.717) is 5.15 Å². The van der Waals surface area contributed by atoms with Gasteiger partial charge in [-0.05, 0) is 13.3 Å². The summed E-state index contributed by atoms with van der Waals surface area (Å²) in [5.41, 5.74) is 0. The Hall–Kier alpha value is -1.61. The second kappa shape index (κ2) is 5.64. The molecule has 17 heavy (non-hydrogen) atoms. The summed E-state index contributed by atoms with van der Waals surface area (Å²) in [6.45, 7) is 2.85. The smallest absolute Gasteiger partial charge is 0.159 e. The molecular weight excluding hydrogens is 234 g/mol. The molecule has 0 aliphatic heterocycles. The van der Waals surface area contributed by atoms with Gasteiger partial charge in [0, 0.05) is 17.3 Å². The van der Waals surface area contributed by atoms with Gasteiger partial charge in [-0.2, -0.15) is 0 Å². The quantitative estimate of drug-likeness (QED) is 0.662. The van der Waals surface area contributed by atoms with Crippen LogP contribution in [0.15, 0.2) is 36.4 Å². The number of anilines is 1. The topological polar surface area (TPSA) is 37.8 Å². The fourth-order valence-electron chi connectivity index (χ4n) is 1.64. The molecule has 0 saturated carbocycles. The number of hydrogen-bond donors (Lipinski definition) is 1. The highest BCUT2D eigenvalue weighted by atomic mass is 35.5. The first-order chi connectivity index (χ1) is 8.33. The van der Waals surface area contributed by atoms with E-state index in [9.17, 15) is 0 Å². The summed E-state index contributed by atoms with van der Waals surface area (Å²) in [4.78, 5) is 0. The molecule has 0 atom stereocenters. The van der Waals surface area contributed by atoms with E-state index < -0.39 is 0 Å². The standard InChI is InChI=1S/C13H14ClN3/c1-2-3-6-9-15-13-11-8-5-4-7-10(11)12(14)16-17-13/h2-5,7-8H,6,9H2,1H3,(H,15,17)/b3-2+. The number of allylic oxidation sites excluding steroid dienone is 1. The lowest BCUT2D eigenvalue weighted by Gasteiger charge is -2.07. The molecule has 1 N–H and O–H groups in total. The molecule has 1 aromatic heterocycles. The summed E-state index contributed by atoms with van der Waals surface area (Å²) in [6.07, 6.45) is 5.11. The van der Waals surface area contributed by atoms with Gasteiger partial charge in [-0.15, -0.1) is 10.2 Å². The van der Waals surface area contributed by atoms with Crippen LogP contribution in [0.25, 0.3) is 10.8 Å². The Morgan fingerprint density at radius 2 is 2.00 bits per heavy atom. The van der Waals surface area contributed by atoms with Gasteiger partial charge >= 0.3 is 0 Å². The molecule has 2 aromatic rings. The average molecular weight is 248 g/mol. The number of aromatic nitrogens is 2. The molecule has 0 unspecified atom stereocenters. The van der Waals surface area contributed by atoms with Crippen molar-refractivity contribution in [1.29, 1.82) is 0 Å². The van der Waals surface area contributed by atoms with Crippen molar-refractivity contribution in [3.63, 3.8) is 0 Å². The fraction of sp³-hybridized carbons (Fsp3) is 0.231. The second-order valence-electron chi connectivity index (χ2n) is 3.67. The summed E-state index contributed by atoms with van der Waals surface area (Å²) in [6, 6.07) is 7.86. The van der Waals surface area contributed by atoms with Crippen LogP contribution < -0.4 is 5.32 Å². The largest absolute Gasteiger partial charge is 0.368 e. The maximum Gasteiger partial charge on any atom is 0.159 e. The van der Waals surface area contributed by atoms with Gasteiger partial charge in [-0.3, -0.25) is 0 Å². The van der Waals surface area contributed by atoms with Gasteiger partial charge in [-0.1, -0.05) is 48.0 Å². The third-order valence-corrected chi connectivity index (χ3v) is 2.76. The molecule has 0 aliphatic rings. The van der Waals surface area contributed by atoms with Crippen LogP contribution in [0.4, 0.5) is 5.82 Å². The zero-order valence-electron chi connectivity index (χ0n) is 9.65. The van der Waals surface area contributed by atoms with Gasteiger partial charge in [0.2, 0.25) is 0 Å². The van der Waals surface area contributed by atoms with Crippen LogP contribution in [-0.2, 0) is 0 Å². The maximum absolute atomic E-state index is 6.00. The molecule has 0 bridgehead atoms. The number of nitrogens with one attached hydrogen (secondary N) is 1. The third kappa shape index (κ3) is 2.74. The molecule has 0 fully saturated rings. The number of hydrogen-bond acceptors (Lipinski definition) is 3. The molecule has 4 heteroatoms. The Kier molecular flexibility index (Phi) is 3.94. The number of rotatable bonds is 4. The molecule has 0 aliphatic carbocycles. The van der Waals surface area contributed by atoms with Crippen LogP contribution in [0.5, 0.6) is 0 Å². The molecule has 3 nitrogen and oxygen atoms in total. The summed E-state index contributed by atoms with van der Waals surface area (Å²) in [5, 5.41) is 13.7. The molecule has 1 aromatic carbocycles. The summed E-state index contributed by atoms with van der Waals surface area (Å²) in [7, 11) is 0. The summed E-state index contributed by atoms with van der Waals surface area (Å²) >= 11 is 6.00. The fourth-order valence-corrected chi connectivity index (χ4v) is 1.84. The van der Waals surface area contributed by atoms with Crippen LogP contribution in [0.3, 0.4) is 0 Å². The molecular formula is C13H14ClN3. The van der Waals surface area contributed by atoms with Crippen molar-refractivity contribution in [1.82, 2.24) is 10.2 Å². The summed E-state index contributed by atoms with van der Waals surface area (Å²) in [5.74, 6) is 0.787. The molecule has 0 spiro atoms. The van der Waals surface area contributed by atoms with Gasteiger partial charge in [0.15, 0.2) is 11.0 Å². The van der Waals surface area contributed by atoms with E-state index in [1.54, 1.807) is 0 Å². The summed E-state index contributed by atoms with van der Waals surface area (Å²) < 4.78 is 0. The van der Waals surface area contributed by atoms with Crippen LogP contribution in [0.1, 0.15) is 13.3 Å². The Labute approximate surface area is 106 Å². The predicted octanol–water partition coefficient (Wildman–Crippen LogP) is 3.66. The van der Waals surface area contributed by atoms with E-state index in [1.807, 2.05) is 37.3 Å². The second-order valence-corrected chi connectivity index (χ2v) is 4.03. The van der Waals surface area contributed by atoms with Crippen molar-refractivity contribution < 1.29 is 0 Å². The van der Waals surface area contributed by atoms with E-state index >= 15 is 0 Å². The van der Waals surface area contributed by atoms with Gasteiger partial charge in [0.25, 0.3) is 0 Å². The first kappa shape index (κ1) is 11.9. The Morgan fingerprint density at radius 3 is 2.76 bits per heavy atom. The molecule has 2 rings (SSSR count). The zero-order valence-corrected chi connectivity index (χ0v) is 10.4. The highest BCUT2D eigenvalue weighted by molar-refractivity contribution is 6.34. The van der Waals surface area contributed by atoms with Crippen LogP contribution in [-0.4, -0.2) is 16.7 Å². The van der Waals surface area contributed by atoms with Crippen molar-refractivity contribution in [3.8, 4) is 0 Å². The van der Waals surface area contributed by atoms with Gasteiger partial charge < -0.3 is 5.32 Å². The van der Waals surface area contributed by atoms with Gasteiger partial charge in [0.05, 0.1) is 0 Å². The molecule has 1 heterocycles. The first-order valence-corrected chi connectivity index (χ1v) is 5.96. The third-order valence-electron chi connectivity index (χ3n) is 2.48. The average Bonchev–Trinajstić information content (AvgIpc) is 2.37. The van der Waals surface area contributed by atoms with E-state index in [0.717, 1.165) is 29.6 Å². The van der Waals surface area contributed by atoms with E-state index in [4.69, 9.17) is 11.6 Å². The minimum atomic E-state index is 0.444. The normalized spacial score (nSPS) is 11.2. The Balaban J connectivity index is 2.25. The SMILES string of the molecule is C/C=C/CCNc1nnc(Cl)c2ccccc12. The van der Waals surface area contributed by atoms with Crippen molar-refractivity contribution in [2.75, 3.05) is 11.9 Å². The number of fused-ring (bicyclic) bond motifs is 1. The van der Waals surface area contributed by atoms with Crippen molar-refractivity contribution in [2.24, 2.45) is 0 Å². The molecule has 0 amide bonds. The number of halogens is 1. The Morgan fingerprint density at radius 1 is 1.24 bits per heavy atom. The van der Waals surface area contributed by atoms with Crippen LogP contribution in [0, 0.1) is 0 Å². The lowest BCUT2D eigenvalue weighted by Crippen LogP contribution is -2.04. The van der Waals surface area contributed by atoms with Gasteiger partial charge in [0.1, 0.15) is 0 Å². The Bertz CT molecular complexity index is 537. The van der Waals surface area contributed by atoms with Crippen molar-refractivity contribution in [2.45, 2.75) is 13.3 Å². The zero-order chi connectivity index (χ0) is 12.1. The monoisotopic (exact) mass is 247 g/mol. The van der Waals surface area contributed by atoms with Crippen LogP contribution >= 0.6 is 11.6 Å². The number of nitrogens with zero attached hydrogens (tertiary/aromatic N) is 2. The van der Waals surface area contributed by atoms with Crippen LogP contribution in [0.2, 0.25) is 5.15 Å². The lowest BCUT2D eigenvalue weighted by atomic mass is 10.2. The van der Waals surface area contributed by atoms with E-state index in [2.05, 4.69) is 21.6 Å². The minimum absolute atomic E-state index is 0.444. The van der Waals surface area contributed by atoms with E-state index in [-0.39, 0.29) is 0 Å². The highest BCUT2D eigenvalue weighted by Gasteiger charge is 2.05. The molecule has 0 saturated heterocycles. The molecule has 0 radical (unpaired) electrons. The van der Waals surface area contributed by atoms with Gasteiger partial charge in [-0.25, -0.2) is 0 Å².